The lowest BCUT2D eigenvalue weighted by Crippen LogP contribution is -1.94. The molecule has 3 heteroatoms. The standard InChI is InChI=1S/C16H13ClN2/c1-10-15(18)8-9-16(19-10)13-6-7-14(17)12-5-3-2-4-11(12)13/h2-9H,18H2,1H3. The number of nitrogens with two attached hydrogens (primary N) is 1. The van der Waals surface area contributed by atoms with E-state index in [9.17, 15) is 0 Å². The van der Waals surface area contributed by atoms with Crippen molar-refractivity contribution in [2.75, 3.05) is 5.73 Å². The summed E-state index contributed by atoms with van der Waals surface area (Å²) in [7, 11) is 0. The molecule has 0 unspecified atom stereocenters. The number of anilines is 1. The lowest BCUT2D eigenvalue weighted by Gasteiger charge is -2.09. The quantitative estimate of drug-likeness (QED) is 0.708. The van der Waals surface area contributed by atoms with Gasteiger partial charge < -0.3 is 5.73 Å². The topological polar surface area (TPSA) is 38.9 Å². The van der Waals surface area contributed by atoms with E-state index in [0.717, 1.165) is 32.7 Å². The molecule has 0 fully saturated rings. The Balaban J connectivity index is 2.31. The van der Waals surface area contributed by atoms with Crippen molar-refractivity contribution in [2.24, 2.45) is 0 Å². The van der Waals surface area contributed by atoms with Crippen LogP contribution in [0.5, 0.6) is 0 Å². The maximum Gasteiger partial charge on any atom is 0.0713 e. The normalized spacial score (nSPS) is 10.8. The van der Waals surface area contributed by atoms with Crippen molar-refractivity contribution in [3.8, 4) is 11.3 Å². The number of aromatic nitrogens is 1. The third kappa shape index (κ3) is 2.04. The SMILES string of the molecule is Cc1nc(-c2ccc(Cl)c3ccccc23)ccc1N. The van der Waals surface area contributed by atoms with E-state index in [4.69, 9.17) is 17.3 Å². The van der Waals surface area contributed by atoms with Crippen molar-refractivity contribution in [1.82, 2.24) is 4.98 Å². The average Bonchev–Trinajstić information content (AvgIpc) is 2.43. The summed E-state index contributed by atoms with van der Waals surface area (Å²) < 4.78 is 0. The van der Waals surface area contributed by atoms with E-state index < -0.39 is 0 Å². The van der Waals surface area contributed by atoms with Gasteiger partial charge in [-0.2, -0.15) is 0 Å². The summed E-state index contributed by atoms with van der Waals surface area (Å²) >= 11 is 6.23. The summed E-state index contributed by atoms with van der Waals surface area (Å²) in [6.07, 6.45) is 0. The van der Waals surface area contributed by atoms with Gasteiger partial charge in [0.2, 0.25) is 0 Å². The molecule has 0 aliphatic carbocycles. The van der Waals surface area contributed by atoms with Gasteiger partial charge in [-0.25, -0.2) is 0 Å². The van der Waals surface area contributed by atoms with Gasteiger partial charge in [0.15, 0.2) is 0 Å². The molecule has 2 nitrogen and oxygen atoms in total. The highest BCUT2D eigenvalue weighted by molar-refractivity contribution is 6.36. The minimum Gasteiger partial charge on any atom is -0.397 e. The largest absolute Gasteiger partial charge is 0.397 e. The Morgan fingerprint density at radius 1 is 0.947 bits per heavy atom. The average molecular weight is 269 g/mol. The van der Waals surface area contributed by atoms with Gasteiger partial charge in [-0.05, 0) is 30.5 Å². The number of hydrogen-bond acceptors (Lipinski definition) is 2. The number of pyridine rings is 1. The summed E-state index contributed by atoms with van der Waals surface area (Å²) in [4.78, 5) is 4.55. The molecule has 0 bridgehead atoms. The van der Waals surface area contributed by atoms with Crippen LogP contribution in [0.25, 0.3) is 22.0 Å². The molecule has 0 aliphatic rings. The lowest BCUT2D eigenvalue weighted by molar-refractivity contribution is 1.21. The molecule has 0 saturated heterocycles. The molecule has 1 heterocycles. The van der Waals surface area contributed by atoms with Crippen LogP contribution >= 0.6 is 11.6 Å². The van der Waals surface area contributed by atoms with Gasteiger partial charge in [-0.1, -0.05) is 41.9 Å². The molecule has 3 rings (SSSR count). The minimum atomic E-state index is 0.710. The molecule has 0 saturated carbocycles. The second-order valence-corrected chi connectivity index (χ2v) is 4.92. The van der Waals surface area contributed by atoms with E-state index in [1.165, 1.54) is 0 Å². The molecule has 0 aliphatic heterocycles. The van der Waals surface area contributed by atoms with Crippen molar-refractivity contribution in [3.05, 3.63) is 59.2 Å². The zero-order valence-corrected chi connectivity index (χ0v) is 11.3. The fraction of sp³-hybridized carbons (Fsp3) is 0.0625. The first-order valence-corrected chi connectivity index (χ1v) is 6.45. The fourth-order valence-electron chi connectivity index (χ4n) is 2.21. The first-order chi connectivity index (χ1) is 9.16. The van der Waals surface area contributed by atoms with E-state index in [0.29, 0.717) is 5.69 Å². The van der Waals surface area contributed by atoms with Crippen LogP contribution in [-0.4, -0.2) is 4.98 Å². The molecule has 0 spiro atoms. The van der Waals surface area contributed by atoms with Gasteiger partial charge >= 0.3 is 0 Å². The van der Waals surface area contributed by atoms with Gasteiger partial charge in [0, 0.05) is 16.0 Å². The van der Waals surface area contributed by atoms with Crippen LogP contribution in [0, 0.1) is 6.92 Å². The van der Waals surface area contributed by atoms with Crippen molar-refractivity contribution in [3.63, 3.8) is 0 Å². The van der Waals surface area contributed by atoms with E-state index in [-0.39, 0.29) is 0 Å². The predicted octanol–water partition coefficient (Wildman–Crippen LogP) is 4.45. The van der Waals surface area contributed by atoms with Crippen molar-refractivity contribution < 1.29 is 0 Å². The molecule has 94 valence electrons. The lowest BCUT2D eigenvalue weighted by atomic mass is 10.0. The van der Waals surface area contributed by atoms with Crippen LogP contribution in [0.1, 0.15) is 5.69 Å². The molecule has 2 aromatic carbocycles. The van der Waals surface area contributed by atoms with Gasteiger partial charge in [0.1, 0.15) is 0 Å². The summed E-state index contributed by atoms with van der Waals surface area (Å²) in [5.41, 5.74) is 9.36. The van der Waals surface area contributed by atoms with Crippen LogP contribution in [0.15, 0.2) is 48.5 Å². The summed E-state index contributed by atoms with van der Waals surface area (Å²) in [5, 5.41) is 2.90. The molecular weight excluding hydrogens is 256 g/mol. The first kappa shape index (κ1) is 12.0. The Bertz CT molecular complexity index is 766. The van der Waals surface area contributed by atoms with Crippen LogP contribution < -0.4 is 5.73 Å². The van der Waals surface area contributed by atoms with Gasteiger partial charge in [-0.15, -0.1) is 0 Å². The zero-order valence-electron chi connectivity index (χ0n) is 10.5. The molecule has 2 N–H and O–H groups in total. The molecule has 0 amide bonds. The Morgan fingerprint density at radius 3 is 2.42 bits per heavy atom. The highest BCUT2D eigenvalue weighted by Crippen LogP contribution is 2.32. The highest BCUT2D eigenvalue weighted by atomic mass is 35.5. The van der Waals surface area contributed by atoms with Gasteiger partial charge in [-0.3, -0.25) is 4.98 Å². The number of nitrogens with zero attached hydrogens (tertiary/aromatic N) is 1. The first-order valence-electron chi connectivity index (χ1n) is 6.07. The van der Waals surface area contributed by atoms with Gasteiger partial charge in [0.05, 0.1) is 17.1 Å². The van der Waals surface area contributed by atoms with Crippen molar-refractivity contribution in [1.29, 1.82) is 0 Å². The molecule has 19 heavy (non-hydrogen) atoms. The van der Waals surface area contributed by atoms with E-state index in [2.05, 4.69) is 11.1 Å². The number of halogens is 1. The molecular formula is C16H13ClN2. The summed E-state index contributed by atoms with van der Waals surface area (Å²) in [6, 6.07) is 15.8. The highest BCUT2D eigenvalue weighted by Gasteiger charge is 2.08. The maximum absolute atomic E-state index is 6.23. The second-order valence-electron chi connectivity index (χ2n) is 4.51. The summed E-state index contributed by atoms with van der Waals surface area (Å²) in [5.74, 6) is 0. The third-order valence-electron chi connectivity index (χ3n) is 3.27. The predicted molar refractivity (Wildman–Crippen MR) is 81.3 cm³/mol. The number of nitrogen functional groups attached to an aromatic ring is 1. The number of aryl methyl sites for hydroxylation is 1. The smallest absolute Gasteiger partial charge is 0.0713 e. The van der Waals surface area contributed by atoms with Crippen molar-refractivity contribution >= 4 is 28.1 Å². The number of fused-ring (bicyclic) bond motifs is 1. The Kier molecular flexibility index (Phi) is 2.88. The second kappa shape index (κ2) is 4.56. The monoisotopic (exact) mass is 268 g/mol. The molecule has 0 atom stereocenters. The molecule has 3 aromatic rings. The van der Waals surface area contributed by atoms with Gasteiger partial charge in [0.25, 0.3) is 0 Å². The maximum atomic E-state index is 6.23. The van der Waals surface area contributed by atoms with Crippen LogP contribution in [-0.2, 0) is 0 Å². The van der Waals surface area contributed by atoms with Crippen LogP contribution in [0.3, 0.4) is 0 Å². The van der Waals surface area contributed by atoms with E-state index >= 15 is 0 Å². The Morgan fingerprint density at radius 2 is 1.68 bits per heavy atom. The molecule has 1 aromatic heterocycles. The Labute approximate surface area is 116 Å². The van der Waals surface area contributed by atoms with Crippen LogP contribution in [0.2, 0.25) is 5.02 Å². The minimum absolute atomic E-state index is 0.710. The van der Waals surface area contributed by atoms with E-state index in [1.807, 2.05) is 49.4 Å². The number of rotatable bonds is 1. The Hall–Kier alpha value is -2.06. The zero-order chi connectivity index (χ0) is 13.4. The van der Waals surface area contributed by atoms with E-state index in [1.54, 1.807) is 0 Å². The van der Waals surface area contributed by atoms with Crippen molar-refractivity contribution in [2.45, 2.75) is 6.92 Å². The summed E-state index contributed by atoms with van der Waals surface area (Å²) in [6.45, 7) is 1.91. The van der Waals surface area contributed by atoms with Crippen LogP contribution in [0.4, 0.5) is 5.69 Å². The number of benzene rings is 2. The molecule has 0 radical (unpaired) electrons. The number of hydrogen-bond donors (Lipinski definition) is 1. The fourth-order valence-corrected chi connectivity index (χ4v) is 2.44. The third-order valence-corrected chi connectivity index (χ3v) is 3.60.